The van der Waals surface area contributed by atoms with Gasteiger partial charge in [0.05, 0.1) is 41.5 Å². The lowest BCUT2D eigenvalue weighted by molar-refractivity contribution is 0.0832. The van der Waals surface area contributed by atoms with Gasteiger partial charge in [0.2, 0.25) is 16.0 Å². The van der Waals surface area contributed by atoms with Gasteiger partial charge in [-0.3, -0.25) is 19.4 Å². The van der Waals surface area contributed by atoms with Gasteiger partial charge in [0, 0.05) is 24.3 Å². The molecule has 0 bridgehead atoms. The van der Waals surface area contributed by atoms with Crippen molar-refractivity contribution < 1.29 is 13.2 Å². The molecule has 10 heteroatoms. The van der Waals surface area contributed by atoms with Gasteiger partial charge >= 0.3 is 0 Å². The van der Waals surface area contributed by atoms with E-state index in [2.05, 4.69) is 28.6 Å². The van der Waals surface area contributed by atoms with E-state index in [9.17, 15) is 13.2 Å². The van der Waals surface area contributed by atoms with Crippen molar-refractivity contribution in [2.24, 2.45) is 18.0 Å². The van der Waals surface area contributed by atoms with Gasteiger partial charge in [-0.05, 0) is 43.9 Å². The van der Waals surface area contributed by atoms with E-state index in [0.29, 0.717) is 36.2 Å². The minimum Gasteiger partial charge on any atom is -0.306 e. The Balaban J connectivity index is 1.57. The Kier molecular flexibility index (Phi) is 4.72. The Bertz CT molecular complexity index is 1230. The van der Waals surface area contributed by atoms with Crippen LogP contribution in [-0.2, 0) is 23.6 Å². The molecule has 0 saturated heterocycles. The zero-order chi connectivity index (χ0) is 22.8. The third-order valence-corrected chi connectivity index (χ3v) is 8.11. The third-order valence-electron chi connectivity index (χ3n) is 6.47. The molecule has 1 aromatic carbocycles. The SMILES string of the molecule is CC(C)[C@@H]1CN=C2N(Cc3cnn(C)c3)C(=O)c3cc(S(=O)(=O)NC4(C)CC4)ccc3N21. The lowest BCUT2D eigenvalue weighted by Gasteiger charge is -2.40. The summed E-state index contributed by atoms with van der Waals surface area (Å²) in [6, 6.07) is 4.94. The molecular formula is C22H28N6O3S. The highest BCUT2D eigenvalue weighted by Gasteiger charge is 2.44. The van der Waals surface area contributed by atoms with E-state index in [-0.39, 0.29) is 22.4 Å². The molecule has 0 spiro atoms. The molecule has 1 aliphatic carbocycles. The molecule has 1 amide bonds. The highest BCUT2D eigenvalue weighted by molar-refractivity contribution is 7.89. The number of nitrogens with zero attached hydrogens (tertiary/aromatic N) is 5. The number of guanidine groups is 1. The Morgan fingerprint density at radius 1 is 1.28 bits per heavy atom. The maximum Gasteiger partial charge on any atom is 0.263 e. The Morgan fingerprint density at radius 2 is 2.03 bits per heavy atom. The molecule has 5 rings (SSSR count). The molecule has 1 N–H and O–H groups in total. The molecule has 1 aromatic heterocycles. The molecular weight excluding hydrogens is 428 g/mol. The first-order valence-electron chi connectivity index (χ1n) is 10.9. The normalized spacial score (nSPS) is 21.6. The fourth-order valence-electron chi connectivity index (χ4n) is 4.34. The maximum absolute atomic E-state index is 13.6. The molecule has 1 saturated carbocycles. The largest absolute Gasteiger partial charge is 0.306 e. The number of hydrogen-bond donors (Lipinski definition) is 1. The average molecular weight is 457 g/mol. The van der Waals surface area contributed by atoms with Gasteiger partial charge in [0.25, 0.3) is 5.91 Å². The number of rotatable bonds is 6. The lowest BCUT2D eigenvalue weighted by Crippen LogP contribution is -2.53. The first-order valence-corrected chi connectivity index (χ1v) is 12.4. The fourth-order valence-corrected chi connectivity index (χ4v) is 5.83. The number of carbonyl (C=O) groups excluding carboxylic acids is 1. The number of aromatic nitrogens is 2. The standard InChI is InChI=1S/C22H28N6O3S/c1-14(2)19-11-23-21-27(13-15-10-24-26(4)12-15)20(29)17-9-16(5-6-18(17)28(19)21)32(30,31)25-22(3)7-8-22/h5-6,9-10,12,14,19,25H,7-8,11,13H2,1-4H3/t19-/m0/s1. The highest BCUT2D eigenvalue weighted by atomic mass is 32.2. The molecule has 1 fully saturated rings. The minimum absolute atomic E-state index is 0.0965. The summed E-state index contributed by atoms with van der Waals surface area (Å²) in [7, 11) is -1.89. The van der Waals surface area contributed by atoms with E-state index >= 15 is 0 Å². The zero-order valence-corrected chi connectivity index (χ0v) is 19.6. The highest BCUT2D eigenvalue weighted by Crippen LogP contribution is 2.39. The van der Waals surface area contributed by atoms with Crippen LogP contribution in [0.5, 0.6) is 0 Å². The zero-order valence-electron chi connectivity index (χ0n) is 18.7. The van der Waals surface area contributed by atoms with Crippen LogP contribution >= 0.6 is 0 Å². The summed E-state index contributed by atoms with van der Waals surface area (Å²) in [5.41, 5.74) is 1.59. The summed E-state index contributed by atoms with van der Waals surface area (Å²) in [6.07, 6.45) is 5.23. The molecule has 0 radical (unpaired) electrons. The monoisotopic (exact) mass is 456 g/mol. The number of anilines is 1. The molecule has 2 aromatic rings. The second kappa shape index (κ2) is 7.14. The van der Waals surface area contributed by atoms with Crippen molar-refractivity contribution in [3.63, 3.8) is 0 Å². The van der Waals surface area contributed by atoms with Crippen molar-refractivity contribution in [3.8, 4) is 0 Å². The van der Waals surface area contributed by atoms with E-state index in [1.54, 1.807) is 27.9 Å². The number of aryl methyl sites for hydroxylation is 1. The van der Waals surface area contributed by atoms with Crippen LogP contribution in [-0.4, -0.2) is 53.1 Å². The molecule has 3 aliphatic rings. The molecule has 0 unspecified atom stereocenters. The average Bonchev–Trinajstić information content (AvgIpc) is 3.12. The van der Waals surface area contributed by atoms with Crippen LogP contribution in [0.25, 0.3) is 0 Å². The smallest absolute Gasteiger partial charge is 0.263 e. The summed E-state index contributed by atoms with van der Waals surface area (Å²) in [5, 5.41) is 4.20. The maximum atomic E-state index is 13.6. The van der Waals surface area contributed by atoms with Gasteiger partial charge in [-0.25, -0.2) is 13.1 Å². The van der Waals surface area contributed by atoms with Gasteiger partial charge in [-0.1, -0.05) is 13.8 Å². The lowest BCUT2D eigenvalue weighted by atomic mass is 10.00. The summed E-state index contributed by atoms with van der Waals surface area (Å²) in [4.78, 5) is 22.1. The fraction of sp³-hybridized carbons (Fsp3) is 0.500. The summed E-state index contributed by atoms with van der Waals surface area (Å²) < 4.78 is 30.4. The number of sulfonamides is 1. The van der Waals surface area contributed by atoms with E-state index in [0.717, 1.165) is 18.4 Å². The van der Waals surface area contributed by atoms with E-state index in [1.807, 2.05) is 20.2 Å². The topological polar surface area (TPSA) is 99.9 Å². The number of fused-ring (bicyclic) bond motifs is 3. The number of nitrogens with one attached hydrogen (secondary N) is 1. The second-order valence-electron chi connectivity index (χ2n) is 9.58. The van der Waals surface area contributed by atoms with Gasteiger partial charge in [-0.15, -0.1) is 0 Å². The Hall–Kier alpha value is -2.72. The van der Waals surface area contributed by atoms with Crippen LogP contribution < -0.4 is 9.62 Å². The molecule has 2 aliphatic heterocycles. The van der Waals surface area contributed by atoms with E-state index in [4.69, 9.17) is 4.99 Å². The van der Waals surface area contributed by atoms with Gasteiger partial charge in [-0.2, -0.15) is 5.10 Å². The number of amides is 1. The summed E-state index contributed by atoms with van der Waals surface area (Å²) in [5.74, 6) is 0.666. The van der Waals surface area contributed by atoms with Gasteiger partial charge in [0.15, 0.2) is 0 Å². The first-order chi connectivity index (χ1) is 15.1. The summed E-state index contributed by atoms with van der Waals surface area (Å²) >= 11 is 0. The predicted molar refractivity (Wildman–Crippen MR) is 121 cm³/mol. The molecule has 1 atom stereocenters. The predicted octanol–water partition coefficient (Wildman–Crippen LogP) is 2.11. The van der Waals surface area contributed by atoms with Crippen molar-refractivity contribution >= 4 is 27.6 Å². The molecule has 9 nitrogen and oxygen atoms in total. The van der Waals surface area contributed by atoms with E-state index < -0.39 is 10.0 Å². The summed E-state index contributed by atoms with van der Waals surface area (Å²) in [6.45, 7) is 7.06. The Labute approximate surface area is 188 Å². The van der Waals surface area contributed by atoms with Crippen molar-refractivity contribution in [1.82, 2.24) is 19.4 Å². The van der Waals surface area contributed by atoms with Crippen LogP contribution in [0.15, 0.2) is 40.5 Å². The third kappa shape index (κ3) is 3.51. The second-order valence-corrected chi connectivity index (χ2v) is 11.3. The van der Waals surface area contributed by atoms with Crippen molar-refractivity contribution in [3.05, 3.63) is 41.7 Å². The molecule has 32 heavy (non-hydrogen) atoms. The van der Waals surface area contributed by atoms with Crippen molar-refractivity contribution in [2.45, 2.75) is 56.6 Å². The van der Waals surface area contributed by atoms with Crippen LogP contribution in [0.1, 0.15) is 49.5 Å². The van der Waals surface area contributed by atoms with Crippen LogP contribution in [0.3, 0.4) is 0 Å². The number of carbonyl (C=O) groups is 1. The first kappa shape index (κ1) is 21.1. The minimum atomic E-state index is -3.72. The van der Waals surface area contributed by atoms with Gasteiger partial charge in [0.1, 0.15) is 0 Å². The van der Waals surface area contributed by atoms with Crippen LogP contribution in [0, 0.1) is 5.92 Å². The van der Waals surface area contributed by atoms with Crippen molar-refractivity contribution in [1.29, 1.82) is 0 Å². The number of aliphatic imine (C=N–C) groups is 1. The molecule has 3 heterocycles. The Morgan fingerprint density at radius 3 is 2.66 bits per heavy atom. The van der Waals surface area contributed by atoms with Crippen molar-refractivity contribution in [2.75, 3.05) is 11.4 Å². The van der Waals surface area contributed by atoms with E-state index in [1.165, 1.54) is 6.07 Å². The number of hydrogen-bond acceptors (Lipinski definition) is 6. The van der Waals surface area contributed by atoms with Crippen LogP contribution in [0.2, 0.25) is 0 Å². The van der Waals surface area contributed by atoms with Gasteiger partial charge < -0.3 is 4.90 Å². The quantitative estimate of drug-likeness (QED) is 0.718. The molecule has 170 valence electrons. The number of benzene rings is 1. The van der Waals surface area contributed by atoms with Crippen LogP contribution in [0.4, 0.5) is 5.69 Å².